The molecule has 1 fully saturated rings. The molecule has 2 nitrogen and oxygen atoms in total. The molecule has 110 valence electrons. The zero-order valence-electron chi connectivity index (χ0n) is 12.5. The predicted molar refractivity (Wildman–Crippen MR) is 82.8 cm³/mol. The molecule has 0 aromatic heterocycles. The molecule has 1 atom stereocenters. The molecule has 0 radical (unpaired) electrons. The van der Waals surface area contributed by atoms with E-state index in [9.17, 15) is 9.18 Å². The van der Waals surface area contributed by atoms with E-state index in [1.54, 1.807) is 18.2 Å². The Morgan fingerprint density at radius 2 is 1.90 bits per heavy atom. The number of benzene rings is 2. The molecule has 1 unspecified atom stereocenters. The number of rotatable bonds is 2. The van der Waals surface area contributed by atoms with Gasteiger partial charge >= 0.3 is 0 Å². The lowest BCUT2D eigenvalue weighted by molar-refractivity contribution is 0.0703. The topological polar surface area (TPSA) is 20.3 Å². The zero-order valence-corrected chi connectivity index (χ0v) is 12.5. The first-order valence-electron chi connectivity index (χ1n) is 7.58. The van der Waals surface area contributed by atoms with Crippen molar-refractivity contribution in [3.63, 3.8) is 0 Å². The number of likely N-dealkylation sites (tertiary alicyclic amines) is 1. The van der Waals surface area contributed by atoms with Crippen LogP contribution in [-0.2, 0) is 0 Å². The summed E-state index contributed by atoms with van der Waals surface area (Å²) in [5, 5.41) is 1.22. The SMILES string of the molecule is CC(C)C1CCCN1C(=O)c1ccc(F)c2ccccc12. The molecule has 1 saturated heterocycles. The van der Waals surface area contributed by atoms with Crippen molar-refractivity contribution in [3.05, 3.63) is 47.8 Å². The molecule has 0 aliphatic carbocycles. The minimum Gasteiger partial charge on any atom is -0.335 e. The van der Waals surface area contributed by atoms with Crippen LogP contribution in [0.2, 0.25) is 0 Å². The van der Waals surface area contributed by atoms with Gasteiger partial charge in [-0.15, -0.1) is 0 Å². The molecule has 3 heteroatoms. The van der Waals surface area contributed by atoms with Gasteiger partial charge in [-0.3, -0.25) is 4.79 Å². The minimum atomic E-state index is -0.274. The maximum absolute atomic E-state index is 13.9. The summed E-state index contributed by atoms with van der Waals surface area (Å²) in [5.41, 5.74) is 0.611. The third-order valence-electron chi connectivity index (χ3n) is 4.43. The Morgan fingerprint density at radius 1 is 1.19 bits per heavy atom. The van der Waals surface area contributed by atoms with Crippen molar-refractivity contribution in [3.8, 4) is 0 Å². The number of nitrogens with zero attached hydrogens (tertiary/aromatic N) is 1. The molecule has 0 spiro atoms. The highest BCUT2D eigenvalue weighted by Gasteiger charge is 2.32. The second kappa shape index (κ2) is 5.47. The van der Waals surface area contributed by atoms with Gasteiger partial charge in [0.1, 0.15) is 5.82 Å². The third-order valence-corrected chi connectivity index (χ3v) is 4.43. The van der Waals surface area contributed by atoms with Gasteiger partial charge in [-0.25, -0.2) is 4.39 Å². The van der Waals surface area contributed by atoms with E-state index in [1.807, 2.05) is 17.0 Å². The lowest BCUT2D eigenvalue weighted by Gasteiger charge is -2.28. The van der Waals surface area contributed by atoms with Crippen LogP contribution in [0.1, 0.15) is 37.0 Å². The summed E-state index contributed by atoms with van der Waals surface area (Å²) in [6.45, 7) is 5.10. The number of carbonyl (C=O) groups excluding carboxylic acids is 1. The van der Waals surface area contributed by atoms with E-state index in [1.165, 1.54) is 6.07 Å². The Balaban J connectivity index is 2.04. The number of halogens is 1. The van der Waals surface area contributed by atoms with E-state index >= 15 is 0 Å². The van der Waals surface area contributed by atoms with Gasteiger partial charge in [0.2, 0.25) is 0 Å². The summed E-state index contributed by atoms with van der Waals surface area (Å²) < 4.78 is 13.9. The molecule has 0 N–H and O–H groups in total. The van der Waals surface area contributed by atoms with Gasteiger partial charge in [-0.05, 0) is 36.3 Å². The van der Waals surface area contributed by atoms with Crippen LogP contribution in [-0.4, -0.2) is 23.4 Å². The summed E-state index contributed by atoms with van der Waals surface area (Å²) in [6.07, 6.45) is 2.11. The summed E-state index contributed by atoms with van der Waals surface area (Å²) in [5.74, 6) is 0.203. The van der Waals surface area contributed by atoms with Crippen LogP contribution in [0.15, 0.2) is 36.4 Å². The maximum atomic E-state index is 13.9. The summed E-state index contributed by atoms with van der Waals surface area (Å²) >= 11 is 0. The Hall–Kier alpha value is -1.90. The Labute approximate surface area is 124 Å². The van der Waals surface area contributed by atoms with Crippen molar-refractivity contribution in [2.75, 3.05) is 6.54 Å². The summed E-state index contributed by atoms with van der Waals surface area (Å²) in [4.78, 5) is 14.9. The second-order valence-corrected chi connectivity index (χ2v) is 6.09. The van der Waals surface area contributed by atoms with E-state index < -0.39 is 0 Å². The molecule has 1 amide bonds. The van der Waals surface area contributed by atoms with Gasteiger partial charge in [0.25, 0.3) is 5.91 Å². The predicted octanol–water partition coefficient (Wildman–Crippen LogP) is 4.24. The average Bonchev–Trinajstić information content (AvgIpc) is 2.97. The quantitative estimate of drug-likeness (QED) is 0.808. The number of hydrogen-bond donors (Lipinski definition) is 0. The third kappa shape index (κ3) is 2.41. The van der Waals surface area contributed by atoms with Crippen molar-refractivity contribution in [2.24, 2.45) is 5.92 Å². The Morgan fingerprint density at radius 3 is 2.62 bits per heavy atom. The van der Waals surface area contributed by atoms with Crippen molar-refractivity contribution in [2.45, 2.75) is 32.7 Å². The standard InChI is InChI=1S/C18H20FNO/c1-12(2)17-8-5-11-20(17)18(21)15-9-10-16(19)14-7-4-3-6-13(14)15/h3-4,6-7,9-10,12,17H,5,8,11H2,1-2H3. The van der Waals surface area contributed by atoms with E-state index in [0.717, 1.165) is 19.4 Å². The summed E-state index contributed by atoms with van der Waals surface area (Å²) in [7, 11) is 0. The van der Waals surface area contributed by atoms with Crippen molar-refractivity contribution < 1.29 is 9.18 Å². The molecule has 1 aliphatic rings. The highest BCUT2D eigenvalue weighted by molar-refractivity contribution is 6.07. The summed E-state index contributed by atoms with van der Waals surface area (Å²) in [6, 6.07) is 10.5. The van der Waals surface area contributed by atoms with Crippen LogP contribution >= 0.6 is 0 Å². The zero-order chi connectivity index (χ0) is 15.0. The van der Waals surface area contributed by atoms with Crippen molar-refractivity contribution in [1.29, 1.82) is 0 Å². The van der Waals surface area contributed by atoms with Gasteiger partial charge in [0.05, 0.1) is 0 Å². The van der Waals surface area contributed by atoms with Crippen molar-refractivity contribution >= 4 is 16.7 Å². The number of hydrogen-bond acceptors (Lipinski definition) is 1. The van der Waals surface area contributed by atoms with Crippen LogP contribution in [0, 0.1) is 11.7 Å². The molecule has 1 heterocycles. The fourth-order valence-corrected chi connectivity index (χ4v) is 3.34. The van der Waals surface area contributed by atoms with E-state index in [0.29, 0.717) is 28.3 Å². The first-order chi connectivity index (χ1) is 10.1. The first-order valence-corrected chi connectivity index (χ1v) is 7.58. The monoisotopic (exact) mass is 285 g/mol. The molecule has 0 saturated carbocycles. The van der Waals surface area contributed by atoms with Crippen LogP contribution in [0.5, 0.6) is 0 Å². The van der Waals surface area contributed by atoms with Crippen LogP contribution in [0.4, 0.5) is 4.39 Å². The van der Waals surface area contributed by atoms with Gasteiger partial charge in [0.15, 0.2) is 0 Å². The fraction of sp³-hybridized carbons (Fsp3) is 0.389. The van der Waals surface area contributed by atoms with Gasteiger partial charge in [-0.2, -0.15) is 0 Å². The van der Waals surface area contributed by atoms with Crippen LogP contribution in [0.3, 0.4) is 0 Å². The molecule has 1 aliphatic heterocycles. The molecular formula is C18H20FNO. The highest BCUT2D eigenvalue weighted by Crippen LogP contribution is 2.28. The van der Waals surface area contributed by atoms with E-state index in [4.69, 9.17) is 0 Å². The molecular weight excluding hydrogens is 265 g/mol. The first kappa shape index (κ1) is 14.1. The second-order valence-electron chi connectivity index (χ2n) is 6.09. The minimum absolute atomic E-state index is 0.0300. The number of amides is 1. The van der Waals surface area contributed by atoms with Crippen molar-refractivity contribution in [1.82, 2.24) is 4.90 Å². The van der Waals surface area contributed by atoms with Gasteiger partial charge in [-0.1, -0.05) is 38.1 Å². The van der Waals surface area contributed by atoms with Gasteiger partial charge in [0, 0.05) is 23.5 Å². The highest BCUT2D eigenvalue weighted by atomic mass is 19.1. The van der Waals surface area contributed by atoms with Crippen LogP contribution < -0.4 is 0 Å². The largest absolute Gasteiger partial charge is 0.335 e. The van der Waals surface area contributed by atoms with Crippen LogP contribution in [0.25, 0.3) is 10.8 Å². The maximum Gasteiger partial charge on any atom is 0.254 e. The number of carbonyl (C=O) groups is 1. The molecule has 3 rings (SSSR count). The van der Waals surface area contributed by atoms with E-state index in [2.05, 4.69) is 13.8 Å². The lowest BCUT2D eigenvalue weighted by Crippen LogP contribution is -2.38. The lowest BCUT2D eigenvalue weighted by atomic mass is 9.99. The normalized spacial score (nSPS) is 18.7. The molecule has 0 bridgehead atoms. The Bertz CT molecular complexity index is 680. The average molecular weight is 285 g/mol. The molecule has 21 heavy (non-hydrogen) atoms. The smallest absolute Gasteiger partial charge is 0.254 e. The van der Waals surface area contributed by atoms with E-state index in [-0.39, 0.29) is 11.7 Å². The number of fused-ring (bicyclic) bond motifs is 1. The Kier molecular flexibility index (Phi) is 3.66. The molecule has 2 aromatic carbocycles. The van der Waals surface area contributed by atoms with Gasteiger partial charge < -0.3 is 4.90 Å². The fourth-order valence-electron chi connectivity index (χ4n) is 3.34. The molecule has 2 aromatic rings.